The zero-order valence-corrected chi connectivity index (χ0v) is 20.2. The van der Waals surface area contributed by atoms with Crippen molar-refractivity contribution in [3.05, 3.63) is 84.4 Å². The van der Waals surface area contributed by atoms with Gasteiger partial charge in [0.2, 0.25) is 15.9 Å². The van der Waals surface area contributed by atoms with Crippen molar-refractivity contribution < 1.29 is 27.5 Å². The predicted molar refractivity (Wildman–Crippen MR) is 138 cm³/mol. The molecule has 0 fully saturated rings. The summed E-state index contributed by atoms with van der Waals surface area (Å²) in [5, 5.41) is 13.7. The second-order valence-corrected chi connectivity index (χ2v) is 10.0. The fraction of sp³-hybridized carbons (Fsp3) is 0.185. The minimum Gasteiger partial charge on any atom is -0.480 e. The highest BCUT2D eigenvalue weighted by Gasteiger charge is 2.25. The molecule has 1 heterocycles. The Hall–Kier alpha value is -3.95. The summed E-state index contributed by atoms with van der Waals surface area (Å²) < 4.78 is 33.9. The summed E-state index contributed by atoms with van der Waals surface area (Å²) in [6.07, 6.45) is 4.13. The Morgan fingerprint density at radius 2 is 1.64 bits per heavy atom. The first-order chi connectivity index (χ1) is 17.3. The third-order valence-corrected chi connectivity index (χ3v) is 7.17. The lowest BCUT2D eigenvalue weighted by Crippen LogP contribution is -2.40. The number of unbranched alkanes of at least 4 members (excludes halogenated alkanes) is 1. The van der Waals surface area contributed by atoms with Crippen LogP contribution >= 0.6 is 0 Å². The van der Waals surface area contributed by atoms with Gasteiger partial charge < -0.3 is 14.8 Å². The highest BCUT2D eigenvalue weighted by atomic mass is 32.2. The predicted octanol–water partition coefficient (Wildman–Crippen LogP) is 4.32. The van der Waals surface area contributed by atoms with Gasteiger partial charge in [-0.3, -0.25) is 9.59 Å². The van der Waals surface area contributed by atoms with E-state index in [-0.39, 0.29) is 17.2 Å². The Balaban J connectivity index is 1.32. The van der Waals surface area contributed by atoms with Crippen LogP contribution < -0.4 is 10.0 Å². The summed E-state index contributed by atoms with van der Waals surface area (Å²) in [6.45, 7) is 0.348. The van der Waals surface area contributed by atoms with Crippen molar-refractivity contribution >= 4 is 49.9 Å². The number of carbonyl (C=O) groups is 2. The van der Waals surface area contributed by atoms with Gasteiger partial charge in [0.25, 0.3) is 0 Å². The molecule has 186 valence electrons. The Morgan fingerprint density at radius 3 is 2.42 bits per heavy atom. The van der Waals surface area contributed by atoms with Crippen LogP contribution in [0.4, 0.5) is 0 Å². The minimum atomic E-state index is -4.08. The molecule has 0 aliphatic carbocycles. The number of sulfonamides is 1. The van der Waals surface area contributed by atoms with E-state index < -0.39 is 22.0 Å². The normalized spacial score (nSPS) is 12.8. The van der Waals surface area contributed by atoms with Crippen molar-refractivity contribution in [3.8, 4) is 0 Å². The van der Waals surface area contributed by atoms with Crippen LogP contribution in [0, 0.1) is 0 Å². The van der Waals surface area contributed by atoms with Gasteiger partial charge in [-0.1, -0.05) is 48.5 Å². The van der Waals surface area contributed by atoms with Gasteiger partial charge in [0.05, 0.1) is 4.90 Å². The van der Waals surface area contributed by atoms with Crippen LogP contribution in [0.3, 0.4) is 0 Å². The van der Waals surface area contributed by atoms with Gasteiger partial charge in [-0.2, -0.15) is 4.72 Å². The standard InChI is InChI=1S/C27H26N2O6S/c30-26(16-13-19-8-2-1-3-9-19)28-17-7-6-11-23(27(31)32)29-36(33,34)20-14-15-25-22(18-20)21-10-4-5-12-24(21)35-25/h1-5,8-10,12-16,18,23,29H,6-7,11,17H2,(H,28,30)(H,31,32). The number of hydrogen-bond donors (Lipinski definition) is 3. The monoisotopic (exact) mass is 506 g/mol. The second-order valence-electron chi connectivity index (χ2n) is 8.30. The lowest BCUT2D eigenvalue weighted by Gasteiger charge is -2.15. The van der Waals surface area contributed by atoms with Crippen LogP contribution in [0.15, 0.2) is 88.2 Å². The molecule has 8 nitrogen and oxygen atoms in total. The summed E-state index contributed by atoms with van der Waals surface area (Å²) in [6, 6.07) is 19.9. The molecule has 0 aliphatic rings. The molecule has 4 aromatic rings. The van der Waals surface area contributed by atoms with E-state index in [1.807, 2.05) is 48.5 Å². The highest BCUT2D eigenvalue weighted by molar-refractivity contribution is 7.89. The maximum atomic E-state index is 12.9. The number of amides is 1. The topological polar surface area (TPSA) is 126 Å². The van der Waals surface area contributed by atoms with Crippen molar-refractivity contribution in [2.45, 2.75) is 30.2 Å². The average Bonchev–Trinajstić information content (AvgIpc) is 3.25. The Morgan fingerprint density at radius 1 is 0.917 bits per heavy atom. The summed E-state index contributed by atoms with van der Waals surface area (Å²) in [5.74, 6) is -1.51. The summed E-state index contributed by atoms with van der Waals surface area (Å²) >= 11 is 0. The van der Waals surface area contributed by atoms with Crippen LogP contribution in [0.5, 0.6) is 0 Å². The molecule has 9 heteroatoms. The molecule has 0 aliphatic heterocycles. The average molecular weight is 507 g/mol. The Labute approximate surface area is 208 Å². The summed E-state index contributed by atoms with van der Waals surface area (Å²) in [7, 11) is -4.08. The van der Waals surface area contributed by atoms with Crippen LogP contribution in [0.2, 0.25) is 0 Å². The molecular formula is C27H26N2O6S. The fourth-order valence-electron chi connectivity index (χ4n) is 3.84. The van der Waals surface area contributed by atoms with Crippen molar-refractivity contribution in [1.82, 2.24) is 10.0 Å². The maximum absolute atomic E-state index is 12.9. The second kappa shape index (κ2) is 11.2. The van der Waals surface area contributed by atoms with E-state index in [1.54, 1.807) is 18.2 Å². The number of carbonyl (C=O) groups excluding carboxylic acids is 1. The van der Waals surface area contributed by atoms with Gasteiger partial charge in [0.1, 0.15) is 17.2 Å². The molecule has 3 N–H and O–H groups in total. The highest BCUT2D eigenvalue weighted by Crippen LogP contribution is 2.30. The molecule has 1 aromatic heterocycles. The number of benzene rings is 3. The van der Waals surface area contributed by atoms with Crippen LogP contribution in [-0.4, -0.2) is 38.0 Å². The third kappa shape index (κ3) is 6.18. The first-order valence-electron chi connectivity index (χ1n) is 11.5. The third-order valence-electron chi connectivity index (χ3n) is 5.70. The van der Waals surface area contributed by atoms with E-state index in [9.17, 15) is 23.1 Å². The zero-order chi connectivity index (χ0) is 25.5. The van der Waals surface area contributed by atoms with Crippen LogP contribution in [-0.2, 0) is 19.6 Å². The van der Waals surface area contributed by atoms with Gasteiger partial charge in [0.15, 0.2) is 0 Å². The van der Waals surface area contributed by atoms with Crippen molar-refractivity contribution in [2.75, 3.05) is 6.54 Å². The molecule has 4 rings (SSSR count). The largest absolute Gasteiger partial charge is 0.480 e. The number of aliphatic carboxylic acids is 1. The first kappa shape index (κ1) is 25.2. The summed E-state index contributed by atoms with van der Waals surface area (Å²) in [5.41, 5.74) is 2.09. The van der Waals surface area contributed by atoms with Gasteiger partial charge in [-0.25, -0.2) is 8.42 Å². The van der Waals surface area contributed by atoms with Gasteiger partial charge in [-0.15, -0.1) is 0 Å². The van der Waals surface area contributed by atoms with E-state index in [4.69, 9.17) is 4.42 Å². The molecule has 1 unspecified atom stereocenters. The smallest absolute Gasteiger partial charge is 0.321 e. The SMILES string of the molecule is O=C(C=Cc1ccccc1)NCCCCC(NS(=O)(=O)c1ccc2oc3ccccc3c2c1)C(=O)O. The van der Waals surface area contributed by atoms with E-state index in [0.29, 0.717) is 35.9 Å². The maximum Gasteiger partial charge on any atom is 0.321 e. The van der Waals surface area contributed by atoms with Gasteiger partial charge in [-0.05, 0) is 55.2 Å². The number of nitrogens with one attached hydrogen (secondary N) is 2. The quantitative estimate of drug-likeness (QED) is 0.206. The number of carboxylic acid groups (broad SMARTS) is 1. The molecule has 1 atom stereocenters. The van der Waals surface area contributed by atoms with Crippen molar-refractivity contribution in [3.63, 3.8) is 0 Å². The van der Waals surface area contributed by atoms with E-state index in [2.05, 4.69) is 10.0 Å². The lowest BCUT2D eigenvalue weighted by atomic mass is 10.1. The number of furan rings is 1. The molecule has 0 saturated carbocycles. The number of hydrogen-bond acceptors (Lipinski definition) is 5. The van der Waals surface area contributed by atoms with E-state index in [1.165, 1.54) is 18.2 Å². The molecular weight excluding hydrogens is 480 g/mol. The van der Waals surface area contributed by atoms with E-state index in [0.717, 1.165) is 10.9 Å². The van der Waals surface area contributed by atoms with E-state index >= 15 is 0 Å². The first-order valence-corrected chi connectivity index (χ1v) is 13.0. The summed E-state index contributed by atoms with van der Waals surface area (Å²) in [4.78, 5) is 23.6. The molecule has 1 amide bonds. The lowest BCUT2D eigenvalue weighted by molar-refractivity contribution is -0.139. The molecule has 0 spiro atoms. The van der Waals surface area contributed by atoms with Crippen LogP contribution in [0.1, 0.15) is 24.8 Å². The Kier molecular flexibility index (Phi) is 7.82. The fourth-order valence-corrected chi connectivity index (χ4v) is 5.09. The Bertz CT molecular complexity index is 1510. The molecule has 0 radical (unpaired) electrons. The van der Waals surface area contributed by atoms with Gasteiger partial charge >= 0.3 is 5.97 Å². The number of carboxylic acids is 1. The number of fused-ring (bicyclic) bond motifs is 3. The minimum absolute atomic E-state index is 0.0368. The van der Waals surface area contributed by atoms with Crippen LogP contribution in [0.25, 0.3) is 28.0 Å². The number of para-hydroxylation sites is 1. The van der Waals surface area contributed by atoms with Crippen molar-refractivity contribution in [2.24, 2.45) is 0 Å². The molecule has 3 aromatic carbocycles. The zero-order valence-electron chi connectivity index (χ0n) is 19.4. The molecule has 36 heavy (non-hydrogen) atoms. The van der Waals surface area contributed by atoms with Gasteiger partial charge in [0, 0.05) is 23.4 Å². The number of rotatable bonds is 11. The van der Waals surface area contributed by atoms with Crippen molar-refractivity contribution in [1.29, 1.82) is 0 Å². The molecule has 0 saturated heterocycles. The molecule has 0 bridgehead atoms.